The van der Waals surface area contributed by atoms with Crippen molar-refractivity contribution in [3.63, 3.8) is 0 Å². The molecule has 2 heterocycles. The van der Waals surface area contributed by atoms with Gasteiger partial charge in [-0.2, -0.15) is 0 Å². The van der Waals surface area contributed by atoms with Gasteiger partial charge < -0.3 is 24.3 Å². The van der Waals surface area contributed by atoms with E-state index < -0.39 is 0 Å². The maximum atomic E-state index is 10.2. The van der Waals surface area contributed by atoms with E-state index in [9.17, 15) is 5.11 Å². The lowest BCUT2D eigenvalue weighted by atomic mass is 9.91. The number of aromatic nitrogens is 1. The van der Waals surface area contributed by atoms with Crippen molar-refractivity contribution < 1.29 is 19.3 Å². The van der Waals surface area contributed by atoms with E-state index in [1.807, 2.05) is 24.3 Å². The van der Waals surface area contributed by atoms with Crippen LogP contribution in [-0.4, -0.2) is 42.9 Å². The standard InChI is InChI=1S/C27H28N2O4/c1-31-23-13-17(14-24(32-2)27(23)33-3)16-29-12-11-21-20-9-4-5-10-22(20)28-25(21)26(29)18-7-6-8-19(30)15-18/h4-10,13-15,26,28,30H,11-12,16H2,1-3H3/t26-/m1/s1. The maximum Gasteiger partial charge on any atom is 0.203 e. The predicted molar refractivity (Wildman–Crippen MR) is 128 cm³/mol. The molecule has 0 spiro atoms. The Kier molecular flexibility index (Phi) is 5.60. The van der Waals surface area contributed by atoms with Crippen molar-refractivity contribution in [2.75, 3.05) is 27.9 Å². The second-order valence-electron chi connectivity index (χ2n) is 8.31. The molecule has 170 valence electrons. The van der Waals surface area contributed by atoms with Gasteiger partial charge in [-0.1, -0.05) is 30.3 Å². The molecular weight excluding hydrogens is 416 g/mol. The summed E-state index contributed by atoms with van der Waals surface area (Å²) in [6.45, 7) is 1.57. The molecule has 3 aromatic carbocycles. The minimum absolute atomic E-state index is 0.0210. The lowest BCUT2D eigenvalue weighted by Gasteiger charge is -2.36. The number of H-pyrrole nitrogens is 1. The second kappa shape index (κ2) is 8.71. The van der Waals surface area contributed by atoms with Crippen LogP contribution in [0.3, 0.4) is 0 Å². The molecule has 33 heavy (non-hydrogen) atoms. The van der Waals surface area contributed by atoms with Gasteiger partial charge in [0.15, 0.2) is 11.5 Å². The summed E-state index contributed by atoms with van der Waals surface area (Å²) in [7, 11) is 4.88. The first-order valence-electron chi connectivity index (χ1n) is 11.0. The molecule has 0 radical (unpaired) electrons. The van der Waals surface area contributed by atoms with Gasteiger partial charge in [0.1, 0.15) is 5.75 Å². The van der Waals surface area contributed by atoms with Crippen molar-refractivity contribution in [3.8, 4) is 23.0 Å². The molecule has 0 amide bonds. The van der Waals surface area contributed by atoms with Crippen LogP contribution in [0.4, 0.5) is 0 Å². The predicted octanol–water partition coefficient (Wildman–Crippen LogP) is 5.05. The average Bonchev–Trinajstić information content (AvgIpc) is 3.21. The number of phenols is 1. The van der Waals surface area contributed by atoms with Gasteiger partial charge in [-0.3, -0.25) is 4.90 Å². The summed E-state index contributed by atoms with van der Waals surface area (Å²) in [6.07, 6.45) is 0.944. The second-order valence-corrected chi connectivity index (χ2v) is 8.31. The molecule has 1 aromatic heterocycles. The molecule has 1 aliphatic heterocycles. The SMILES string of the molecule is COc1cc(CN2CCc3c([nH]c4ccccc34)[C@H]2c2cccc(O)c2)cc(OC)c1OC. The van der Waals surface area contributed by atoms with Crippen LogP contribution >= 0.6 is 0 Å². The summed E-state index contributed by atoms with van der Waals surface area (Å²) in [5.41, 5.74) is 5.78. The molecule has 1 aliphatic rings. The van der Waals surface area contributed by atoms with Gasteiger partial charge in [0.2, 0.25) is 5.75 Å². The van der Waals surface area contributed by atoms with Crippen molar-refractivity contribution >= 4 is 10.9 Å². The van der Waals surface area contributed by atoms with Crippen LogP contribution in [-0.2, 0) is 13.0 Å². The number of phenolic OH excluding ortho intramolecular Hbond substituents is 1. The molecule has 0 unspecified atom stereocenters. The van der Waals surface area contributed by atoms with E-state index in [1.54, 1.807) is 27.4 Å². The number of hydrogen-bond donors (Lipinski definition) is 2. The third kappa shape index (κ3) is 3.76. The monoisotopic (exact) mass is 444 g/mol. The zero-order valence-corrected chi connectivity index (χ0v) is 19.1. The Morgan fingerprint density at radius 3 is 2.39 bits per heavy atom. The highest BCUT2D eigenvalue weighted by Crippen LogP contribution is 2.42. The Labute approximate surface area is 193 Å². The van der Waals surface area contributed by atoms with Crippen LogP contribution < -0.4 is 14.2 Å². The van der Waals surface area contributed by atoms with Crippen LogP contribution in [0.1, 0.15) is 28.4 Å². The van der Waals surface area contributed by atoms with Gasteiger partial charge >= 0.3 is 0 Å². The van der Waals surface area contributed by atoms with E-state index in [0.717, 1.165) is 29.6 Å². The zero-order valence-electron chi connectivity index (χ0n) is 19.1. The fourth-order valence-electron chi connectivity index (χ4n) is 4.99. The molecule has 0 bridgehead atoms. The van der Waals surface area contributed by atoms with Crippen LogP contribution in [0.2, 0.25) is 0 Å². The van der Waals surface area contributed by atoms with Crippen molar-refractivity contribution in [1.82, 2.24) is 9.88 Å². The number of hydrogen-bond acceptors (Lipinski definition) is 5. The number of benzene rings is 3. The molecule has 0 fully saturated rings. The summed E-state index contributed by atoms with van der Waals surface area (Å²) < 4.78 is 16.6. The Balaban J connectivity index is 1.60. The van der Waals surface area contributed by atoms with E-state index in [4.69, 9.17) is 14.2 Å². The van der Waals surface area contributed by atoms with Crippen LogP contribution in [0, 0.1) is 0 Å². The molecule has 5 rings (SSSR count). The van der Waals surface area contributed by atoms with Crippen LogP contribution in [0.15, 0.2) is 60.7 Å². The number of ether oxygens (including phenoxy) is 3. The number of methoxy groups -OCH3 is 3. The van der Waals surface area contributed by atoms with Gasteiger partial charge in [0, 0.05) is 29.7 Å². The van der Waals surface area contributed by atoms with E-state index in [-0.39, 0.29) is 11.8 Å². The summed E-state index contributed by atoms with van der Waals surface area (Å²) in [5, 5.41) is 11.5. The van der Waals surface area contributed by atoms with Gasteiger partial charge in [0.05, 0.1) is 27.4 Å². The maximum absolute atomic E-state index is 10.2. The number of aromatic amines is 1. The molecule has 1 atom stereocenters. The third-order valence-corrected chi connectivity index (χ3v) is 6.43. The van der Waals surface area contributed by atoms with Crippen LogP contribution in [0.25, 0.3) is 10.9 Å². The van der Waals surface area contributed by atoms with E-state index >= 15 is 0 Å². The number of aromatic hydroxyl groups is 1. The number of nitrogens with one attached hydrogen (secondary N) is 1. The van der Waals surface area contributed by atoms with Crippen molar-refractivity contribution in [2.45, 2.75) is 19.0 Å². The van der Waals surface area contributed by atoms with Crippen molar-refractivity contribution in [3.05, 3.63) is 83.0 Å². The molecule has 6 heteroatoms. The molecular formula is C27H28N2O4. The quantitative estimate of drug-likeness (QED) is 0.436. The van der Waals surface area contributed by atoms with Gasteiger partial charge in [-0.05, 0) is 53.4 Å². The van der Waals surface area contributed by atoms with Gasteiger partial charge in [0.25, 0.3) is 0 Å². The molecule has 0 saturated heterocycles. The minimum Gasteiger partial charge on any atom is -0.508 e. The lowest BCUT2D eigenvalue weighted by Crippen LogP contribution is -2.35. The number of rotatable bonds is 6. The Hall–Kier alpha value is -3.64. The summed E-state index contributed by atoms with van der Waals surface area (Å²) in [4.78, 5) is 6.09. The lowest BCUT2D eigenvalue weighted by molar-refractivity contribution is 0.201. The normalized spacial score (nSPS) is 15.9. The highest BCUT2D eigenvalue weighted by molar-refractivity contribution is 5.85. The fourth-order valence-corrected chi connectivity index (χ4v) is 4.99. The Morgan fingerprint density at radius 2 is 1.70 bits per heavy atom. The highest BCUT2D eigenvalue weighted by atomic mass is 16.5. The molecule has 2 N–H and O–H groups in total. The van der Waals surface area contributed by atoms with E-state index in [1.165, 1.54) is 16.6 Å². The number of fused-ring (bicyclic) bond motifs is 3. The van der Waals surface area contributed by atoms with Crippen molar-refractivity contribution in [1.29, 1.82) is 0 Å². The minimum atomic E-state index is -0.0210. The number of nitrogens with zero attached hydrogens (tertiary/aromatic N) is 1. The Morgan fingerprint density at radius 1 is 0.939 bits per heavy atom. The molecule has 0 saturated carbocycles. The summed E-state index contributed by atoms with van der Waals surface area (Å²) in [6, 6.07) is 20.0. The first-order valence-corrected chi connectivity index (χ1v) is 11.0. The van der Waals surface area contributed by atoms with Crippen LogP contribution in [0.5, 0.6) is 23.0 Å². The van der Waals surface area contributed by atoms with Crippen molar-refractivity contribution in [2.24, 2.45) is 0 Å². The number of para-hydroxylation sites is 1. The summed E-state index contributed by atoms with van der Waals surface area (Å²) in [5.74, 6) is 2.14. The first kappa shape index (κ1) is 21.2. The Bertz CT molecular complexity index is 1270. The molecule has 6 nitrogen and oxygen atoms in total. The first-order chi connectivity index (χ1) is 16.1. The third-order valence-electron chi connectivity index (χ3n) is 6.43. The molecule has 4 aromatic rings. The average molecular weight is 445 g/mol. The largest absolute Gasteiger partial charge is 0.508 e. The zero-order chi connectivity index (χ0) is 22.9. The molecule has 0 aliphatic carbocycles. The smallest absolute Gasteiger partial charge is 0.203 e. The topological polar surface area (TPSA) is 67.0 Å². The fraction of sp³-hybridized carbons (Fsp3) is 0.259. The highest BCUT2D eigenvalue weighted by Gasteiger charge is 2.32. The van der Waals surface area contributed by atoms with E-state index in [0.29, 0.717) is 23.8 Å². The van der Waals surface area contributed by atoms with E-state index in [2.05, 4.69) is 40.2 Å². The van der Waals surface area contributed by atoms with Gasteiger partial charge in [-0.25, -0.2) is 0 Å². The summed E-state index contributed by atoms with van der Waals surface area (Å²) >= 11 is 0. The van der Waals surface area contributed by atoms with Gasteiger partial charge in [-0.15, -0.1) is 0 Å².